The first kappa shape index (κ1) is 33.1. The van der Waals surface area contributed by atoms with Crippen molar-refractivity contribution in [3.63, 3.8) is 0 Å². The van der Waals surface area contributed by atoms with Crippen LogP contribution in [0.15, 0.2) is 134 Å². The second kappa shape index (κ2) is 18.2. The second-order valence-corrected chi connectivity index (χ2v) is 8.89. The van der Waals surface area contributed by atoms with E-state index in [1.165, 1.54) is 0 Å². The summed E-state index contributed by atoms with van der Waals surface area (Å²) in [6, 6.07) is 30.4. The average molecular weight is 665 g/mol. The predicted octanol–water partition coefficient (Wildman–Crippen LogP) is 6.10. The van der Waals surface area contributed by atoms with Crippen molar-refractivity contribution in [2.24, 2.45) is 0 Å². The van der Waals surface area contributed by atoms with E-state index in [-0.39, 0.29) is 31.9 Å². The summed E-state index contributed by atoms with van der Waals surface area (Å²) in [6.07, 6.45) is 15.5. The Morgan fingerprint density at radius 1 is 0.591 bits per heavy atom. The van der Waals surface area contributed by atoms with Gasteiger partial charge in [0.05, 0.1) is 40.7 Å². The van der Waals surface area contributed by atoms with E-state index in [2.05, 4.69) is 41.1 Å². The number of rotatable bonds is 5. The summed E-state index contributed by atoms with van der Waals surface area (Å²) in [5, 5.41) is 2.62. The molecule has 6 rings (SSSR count). The van der Waals surface area contributed by atoms with Gasteiger partial charge in [0, 0.05) is 62.2 Å². The minimum Gasteiger partial charge on any atom is -0.341 e. The smallest absolute Gasteiger partial charge is 0.252 e. The molecule has 0 aliphatic heterocycles. The number of carbonyl (C=O) groups excluding carboxylic acids is 1. The molecular weight excluding hydrogens is 636 g/mol. The molecule has 44 heavy (non-hydrogen) atoms. The van der Waals surface area contributed by atoms with Crippen molar-refractivity contribution in [2.75, 3.05) is 6.54 Å². The third-order valence-corrected chi connectivity index (χ3v) is 5.74. The zero-order chi connectivity index (χ0) is 30.1. The van der Waals surface area contributed by atoms with E-state index in [9.17, 15) is 4.79 Å². The number of hydrogen-bond acceptors (Lipinski definition) is 7. The molecule has 1 N–H and O–H groups in total. The van der Waals surface area contributed by atoms with Gasteiger partial charge in [0.2, 0.25) is 0 Å². The standard InChI is InChI=1S/C15H13N3O.2C10H8N2.Ru/c1-3-6-18-15(19)12-5-8-17-14(10-12)13-9-11(2)4-7-16-13;2*1-3-7-11-9(5-1)10-6-2-4-8-12-10;/h1,4-5,7-10H,6H2,2H3,(H,18,19);2*1-8H;. The molecule has 0 atom stereocenters. The van der Waals surface area contributed by atoms with E-state index in [0.29, 0.717) is 11.3 Å². The molecule has 0 saturated carbocycles. The monoisotopic (exact) mass is 665 g/mol. The summed E-state index contributed by atoms with van der Waals surface area (Å²) in [7, 11) is 0. The quantitative estimate of drug-likeness (QED) is 0.175. The maximum atomic E-state index is 11.8. The summed E-state index contributed by atoms with van der Waals surface area (Å²) < 4.78 is 0. The zero-order valence-corrected chi connectivity index (χ0v) is 25.7. The molecule has 0 aliphatic rings. The van der Waals surface area contributed by atoms with E-state index in [1.807, 2.05) is 91.9 Å². The summed E-state index contributed by atoms with van der Waals surface area (Å²) in [6.45, 7) is 2.19. The number of amides is 1. The first-order chi connectivity index (χ1) is 21.1. The molecule has 9 heteroatoms. The van der Waals surface area contributed by atoms with Crippen LogP contribution in [0.4, 0.5) is 0 Å². The van der Waals surface area contributed by atoms with Gasteiger partial charge in [-0.25, -0.2) is 0 Å². The van der Waals surface area contributed by atoms with Gasteiger partial charge in [0.25, 0.3) is 5.91 Å². The Morgan fingerprint density at radius 3 is 1.39 bits per heavy atom. The molecule has 1 amide bonds. The average Bonchev–Trinajstić information content (AvgIpc) is 3.09. The van der Waals surface area contributed by atoms with Gasteiger partial charge in [-0.2, -0.15) is 0 Å². The van der Waals surface area contributed by atoms with Crippen molar-refractivity contribution in [3.8, 4) is 46.5 Å². The number of carbonyl (C=O) groups is 1. The van der Waals surface area contributed by atoms with E-state index in [1.54, 1.807) is 49.3 Å². The molecule has 0 aliphatic carbocycles. The van der Waals surface area contributed by atoms with Crippen LogP contribution in [0.3, 0.4) is 0 Å². The van der Waals surface area contributed by atoms with Gasteiger partial charge in [-0.1, -0.05) is 30.2 Å². The number of nitrogens with zero attached hydrogens (tertiary/aromatic N) is 6. The normalized spacial score (nSPS) is 9.45. The fourth-order valence-corrected chi connectivity index (χ4v) is 3.68. The Balaban J connectivity index is 0.000000185. The number of nitrogens with one attached hydrogen (secondary N) is 1. The Hall–Kier alpha value is -5.45. The largest absolute Gasteiger partial charge is 0.341 e. The van der Waals surface area contributed by atoms with E-state index >= 15 is 0 Å². The van der Waals surface area contributed by atoms with E-state index in [0.717, 1.165) is 34.0 Å². The fraction of sp³-hybridized carbons (Fsp3) is 0.0571. The molecule has 0 unspecified atom stereocenters. The number of pyridine rings is 6. The fourth-order valence-electron chi connectivity index (χ4n) is 3.68. The van der Waals surface area contributed by atoms with Gasteiger partial charge in [0.1, 0.15) is 0 Å². The van der Waals surface area contributed by atoms with Crippen molar-refractivity contribution in [3.05, 3.63) is 145 Å². The molecule has 8 nitrogen and oxygen atoms in total. The molecule has 0 bridgehead atoms. The number of hydrogen-bond donors (Lipinski definition) is 1. The number of aryl methyl sites for hydroxylation is 1. The Kier molecular flexibility index (Phi) is 13.7. The zero-order valence-electron chi connectivity index (χ0n) is 23.9. The summed E-state index contributed by atoms with van der Waals surface area (Å²) in [5.74, 6) is 2.15. The van der Waals surface area contributed by atoms with Crippen LogP contribution in [-0.4, -0.2) is 42.4 Å². The molecule has 0 aromatic carbocycles. The van der Waals surface area contributed by atoms with Crippen LogP contribution in [-0.2, 0) is 19.5 Å². The molecule has 0 radical (unpaired) electrons. The topological polar surface area (TPSA) is 106 Å². The van der Waals surface area contributed by atoms with Gasteiger partial charge in [0.15, 0.2) is 0 Å². The summed E-state index contributed by atoms with van der Waals surface area (Å²) in [5.41, 5.74) is 6.67. The van der Waals surface area contributed by atoms with Crippen LogP contribution >= 0.6 is 0 Å². The molecule has 6 heterocycles. The molecule has 0 fully saturated rings. The first-order valence-corrected chi connectivity index (χ1v) is 13.4. The maximum absolute atomic E-state index is 11.8. The molecular formula is C35H29N7ORu. The third kappa shape index (κ3) is 10.4. The van der Waals surface area contributed by atoms with Crippen LogP contribution < -0.4 is 5.32 Å². The minimum absolute atomic E-state index is 0. The first-order valence-electron chi connectivity index (χ1n) is 13.4. The van der Waals surface area contributed by atoms with Crippen LogP contribution in [0.2, 0.25) is 0 Å². The Labute approximate surface area is 269 Å². The van der Waals surface area contributed by atoms with E-state index < -0.39 is 0 Å². The third-order valence-electron chi connectivity index (χ3n) is 5.74. The molecule has 6 aromatic rings. The molecule has 218 valence electrons. The van der Waals surface area contributed by atoms with Gasteiger partial charge >= 0.3 is 0 Å². The van der Waals surface area contributed by atoms with Gasteiger partial charge < -0.3 is 5.32 Å². The van der Waals surface area contributed by atoms with Crippen molar-refractivity contribution in [1.82, 2.24) is 35.2 Å². The Bertz CT molecular complexity index is 1600. The van der Waals surface area contributed by atoms with Crippen molar-refractivity contribution in [1.29, 1.82) is 0 Å². The molecule has 0 spiro atoms. The van der Waals surface area contributed by atoms with Crippen LogP contribution in [0.1, 0.15) is 15.9 Å². The van der Waals surface area contributed by atoms with Crippen LogP contribution in [0, 0.1) is 19.3 Å². The maximum Gasteiger partial charge on any atom is 0.252 e. The van der Waals surface area contributed by atoms with Gasteiger partial charge in [-0.05, 0) is 85.3 Å². The SMILES string of the molecule is C#CCNC(=O)c1ccnc(-c2cc(C)ccn2)c1.[Ru].c1ccc(-c2ccccn2)nc1.c1ccc(-c2ccccn2)nc1. The predicted molar refractivity (Wildman–Crippen MR) is 168 cm³/mol. The minimum atomic E-state index is -0.214. The molecule has 0 saturated heterocycles. The number of terminal acetylenes is 1. The summed E-state index contributed by atoms with van der Waals surface area (Å²) in [4.78, 5) is 37.0. The van der Waals surface area contributed by atoms with Crippen LogP contribution in [0.5, 0.6) is 0 Å². The van der Waals surface area contributed by atoms with Gasteiger partial charge in [-0.3, -0.25) is 34.7 Å². The van der Waals surface area contributed by atoms with Crippen molar-refractivity contribution < 1.29 is 24.3 Å². The van der Waals surface area contributed by atoms with Gasteiger partial charge in [-0.15, -0.1) is 6.42 Å². The van der Waals surface area contributed by atoms with E-state index in [4.69, 9.17) is 6.42 Å². The van der Waals surface area contributed by atoms with Crippen LogP contribution in [0.25, 0.3) is 34.2 Å². The second-order valence-electron chi connectivity index (χ2n) is 8.89. The summed E-state index contributed by atoms with van der Waals surface area (Å²) >= 11 is 0. The molecule has 6 aromatic heterocycles. The van der Waals surface area contributed by atoms with Crippen molar-refractivity contribution >= 4 is 5.91 Å². The Morgan fingerprint density at radius 2 is 1.00 bits per heavy atom. The van der Waals surface area contributed by atoms with Crippen molar-refractivity contribution in [2.45, 2.75) is 6.92 Å². The number of aromatic nitrogens is 6.